The van der Waals surface area contributed by atoms with Crippen LogP contribution in [0.4, 0.5) is 0 Å². The van der Waals surface area contributed by atoms with Crippen LogP contribution in [0.1, 0.15) is 12.6 Å². The van der Waals surface area contributed by atoms with E-state index in [1.807, 2.05) is 0 Å². The number of ether oxygens (including phenoxy) is 1. The van der Waals surface area contributed by atoms with Gasteiger partial charge in [-0.05, 0) is 19.1 Å². The molecule has 0 N–H and O–H groups in total. The van der Waals surface area contributed by atoms with Crippen LogP contribution in [-0.2, 0) is 16.6 Å². The maximum atomic E-state index is 11.1. The van der Waals surface area contributed by atoms with E-state index in [0.29, 0.717) is 12.3 Å². The number of esters is 1. The van der Waals surface area contributed by atoms with Crippen molar-refractivity contribution in [2.45, 2.75) is 6.92 Å². The van der Waals surface area contributed by atoms with Gasteiger partial charge in [-0.15, -0.1) is 5.10 Å². The van der Waals surface area contributed by atoms with Gasteiger partial charge in [0.1, 0.15) is 11.0 Å². The lowest BCUT2D eigenvalue weighted by molar-refractivity contribution is -0.137. The van der Waals surface area contributed by atoms with Crippen molar-refractivity contribution in [3.63, 3.8) is 0 Å². The van der Waals surface area contributed by atoms with Gasteiger partial charge in [0.2, 0.25) is 0 Å². The van der Waals surface area contributed by atoms with Crippen LogP contribution in [0.15, 0.2) is 18.3 Å². The third-order valence-electron chi connectivity index (χ3n) is 2.19. The van der Waals surface area contributed by atoms with Crippen LogP contribution in [0.2, 0.25) is 0 Å². The summed E-state index contributed by atoms with van der Waals surface area (Å²) < 4.78 is 6.41. The molecule has 0 saturated carbocycles. The highest BCUT2D eigenvalue weighted by atomic mass is 16.5. The van der Waals surface area contributed by atoms with Crippen LogP contribution in [0.25, 0.3) is 17.1 Å². The molecule has 0 spiro atoms. The number of carbonyl (C=O) groups excluding carboxylic acids is 1. The number of pyridine rings is 1. The Morgan fingerprint density at radius 1 is 1.59 bits per heavy atom. The van der Waals surface area contributed by atoms with Gasteiger partial charge in [0.25, 0.3) is 0 Å². The van der Waals surface area contributed by atoms with Gasteiger partial charge in [-0.1, -0.05) is 5.21 Å². The minimum Gasteiger partial charge on any atom is -0.463 e. The Morgan fingerprint density at radius 2 is 2.41 bits per heavy atom. The van der Waals surface area contributed by atoms with Gasteiger partial charge < -0.3 is 4.74 Å². The third kappa shape index (κ3) is 2.47. The molecule has 0 amide bonds. The zero-order valence-electron chi connectivity index (χ0n) is 9.62. The van der Waals surface area contributed by atoms with Gasteiger partial charge in [0, 0.05) is 13.1 Å². The van der Waals surface area contributed by atoms with Gasteiger partial charge in [-0.3, -0.25) is 4.98 Å². The van der Waals surface area contributed by atoms with Gasteiger partial charge in [-0.2, -0.15) is 0 Å². The molecule has 2 heterocycles. The molecule has 0 saturated heterocycles. The lowest BCUT2D eigenvalue weighted by Crippen LogP contribution is -1.98. The fourth-order valence-electron chi connectivity index (χ4n) is 1.38. The van der Waals surface area contributed by atoms with Crippen LogP contribution >= 0.6 is 0 Å². The molecule has 0 unspecified atom stereocenters. The zero-order chi connectivity index (χ0) is 12.3. The van der Waals surface area contributed by atoms with Crippen LogP contribution in [0, 0.1) is 0 Å². The first kappa shape index (κ1) is 11.3. The first-order chi connectivity index (χ1) is 8.20. The van der Waals surface area contributed by atoms with E-state index in [-0.39, 0.29) is 5.97 Å². The number of nitrogens with zero attached hydrogens (tertiary/aromatic N) is 4. The number of hydrogen-bond acceptors (Lipinski definition) is 5. The lowest BCUT2D eigenvalue weighted by atomic mass is 10.3. The number of carbonyl (C=O) groups is 1. The van der Waals surface area contributed by atoms with E-state index in [2.05, 4.69) is 15.3 Å². The first-order valence-corrected chi connectivity index (χ1v) is 5.21. The van der Waals surface area contributed by atoms with E-state index in [4.69, 9.17) is 4.74 Å². The smallest absolute Gasteiger partial charge is 0.330 e. The predicted molar refractivity (Wildman–Crippen MR) is 62.0 cm³/mol. The molecule has 0 radical (unpaired) electrons. The molecule has 0 bridgehead atoms. The average Bonchev–Trinajstić information content (AvgIpc) is 2.69. The summed E-state index contributed by atoms with van der Waals surface area (Å²) in [6, 6.07) is 1.76. The van der Waals surface area contributed by atoms with E-state index in [1.54, 1.807) is 37.0 Å². The van der Waals surface area contributed by atoms with E-state index in [1.165, 1.54) is 6.08 Å². The van der Waals surface area contributed by atoms with Gasteiger partial charge in [0.05, 0.1) is 18.5 Å². The minimum absolute atomic E-state index is 0.361. The summed E-state index contributed by atoms with van der Waals surface area (Å²) in [7, 11) is 1.80. The van der Waals surface area contributed by atoms with Crippen molar-refractivity contribution in [3.05, 3.63) is 24.0 Å². The van der Waals surface area contributed by atoms with Crippen molar-refractivity contribution in [1.29, 1.82) is 0 Å². The van der Waals surface area contributed by atoms with Gasteiger partial charge in [-0.25, -0.2) is 9.48 Å². The zero-order valence-corrected chi connectivity index (χ0v) is 9.62. The Labute approximate surface area is 97.9 Å². The molecule has 88 valence electrons. The number of aromatic nitrogens is 4. The molecule has 17 heavy (non-hydrogen) atoms. The number of rotatable bonds is 3. The SMILES string of the molecule is CCOC(=O)/C=C/c1cc2nnn(C)c2cn1. The summed E-state index contributed by atoms with van der Waals surface area (Å²) in [5.74, 6) is -0.381. The number of hydrogen-bond donors (Lipinski definition) is 0. The van der Waals surface area contributed by atoms with Crippen molar-refractivity contribution in [2.24, 2.45) is 7.05 Å². The van der Waals surface area contributed by atoms with Crippen LogP contribution < -0.4 is 0 Å². The van der Waals surface area contributed by atoms with Gasteiger partial charge >= 0.3 is 5.97 Å². The Hall–Kier alpha value is -2.24. The molecule has 0 aliphatic rings. The summed E-state index contributed by atoms with van der Waals surface area (Å²) in [5.41, 5.74) is 2.23. The highest BCUT2D eigenvalue weighted by Gasteiger charge is 2.02. The molecule has 6 nitrogen and oxygen atoms in total. The van der Waals surface area contributed by atoms with Crippen LogP contribution in [-0.4, -0.2) is 32.6 Å². The van der Waals surface area contributed by atoms with E-state index >= 15 is 0 Å². The van der Waals surface area contributed by atoms with E-state index < -0.39 is 0 Å². The molecule has 0 fully saturated rings. The topological polar surface area (TPSA) is 69.9 Å². The van der Waals surface area contributed by atoms with E-state index in [0.717, 1.165) is 11.0 Å². The summed E-state index contributed by atoms with van der Waals surface area (Å²) in [6.07, 6.45) is 4.60. The normalized spacial score (nSPS) is 11.2. The van der Waals surface area contributed by atoms with Crippen molar-refractivity contribution in [3.8, 4) is 0 Å². The summed E-state index contributed by atoms with van der Waals surface area (Å²) in [5, 5.41) is 7.84. The number of aryl methyl sites for hydroxylation is 1. The Bertz CT molecular complexity index is 574. The van der Waals surface area contributed by atoms with Crippen molar-refractivity contribution < 1.29 is 9.53 Å². The second-order valence-corrected chi connectivity index (χ2v) is 3.40. The van der Waals surface area contributed by atoms with Crippen molar-refractivity contribution >= 4 is 23.1 Å². The van der Waals surface area contributed by atoms with Crippen molar-refractivity contribution in [2.75, 3.05) is 6.61 Å². The van der Waals surface area contributed by atoms with E-state index in [9.17, 15) is 4.79 Å². The minimum atomic E-state index is -0.381. The summed E-state index contributed by atoms with van der Waals surface area (Å²) >= 11 is 0. The summed E-state index contributed by atoms with van der Waals surface area (Å²) in [6.45, 7) is 2.12. The molecule has 0 aliphatic carbocycles. The third-order valence-corrected chi connectivity index (χ3v) is 2.19. The molecular weight excluding hydrogens is 220 g/mol. The average molecular weight is 232 g/mol. The maximum Gasteiger partial charge on any atom is 0.330 e. The Balaban J connectivity index is 2.22. The highest BCUT2D eigenvalue weighted by Crippen LogP contribution is 2.10. The molecule has 2 aromatic heterocycles. The standard InChI is InChI=1S/C11H12N4O2/c1-3-17-11(16)5-4-8-6-9-10(7-12-8)15(2)14-13-9/h4-7H,3H2,1-2H3/b5-4+. The van der Waals surface area contributed by atoms with Crippen LogP contribution in [0.5, 0.6) is 0 Å². The largest absolute Gasteiger partial charge is 0.463 e. The summed E-state index contributed by atoms with van der Waals surface area (Å²) in [4.78, 5) is 15.3. The molecule has 2 rings (SSSR count). The van der Waals surface area contributed by atoms with Crippen LogP contribution in [0.3, 0.4) is 0 Å². The monoisotopic (exact) mass is 232 g/mol. The molecule has 0 aromatic carbocycles. The van der Waals surface area contributed by atoms with Crippen molar-refractivity contribution in [1.82, 2.24) is 20.0 Å². The highest BCUT2D eigenvalue weighted by molar-refractivity contribution is 5.87. The maximum absolute atomic E-state index is 11.1. The first-order valence-electron chi connectivity index (χ1n) is 5.21. The molecule has 2 aromatic rings. The predicted octanol–water partition coefficient (Wildman–Crippen LogP) is 0.940. The second kappa shape index (κ2) is 4.73. The van der Waals surface area contributed by atoms with Gasteiger partial charge in [0.15, 0.2) is 0 Å². The Kier molecular flexibility index (Phi) is 3.13. The molecule has 0 atom stereocenters. The second-order valence-electron chi connectivity index (χ2n) is 3.40. The fraction of sp³-hybridized carbons (Fsp3) is 0.273. The molecular formula is C11H12N4O2. The lowest BCUT2D eigenvalue weighted by Gasteiger charge is -1.95. The quantitative estimate of drug-likeness (QED) is 0.581. The molecule has 6 heteroatoms. The number of fused-ring (bicyclic) bond motifs is 1. The molecule has 0 aliphatic heterocycles. The Morgan fingerprint density at radius 3 is 3.18 bits per heavy atom. The fourth-order valence-corrected chi connectivity index (χ4v) is 1.38.